The van der Waals surface area contributed by atoms with Crippen LogP contribution in [0.1, 0.15) is 31.8 Å². The Morgan fingerprint density at radius 2 is 1.35 bits per heavy atom. The van der Waals surface area contributed by atoms with Crippen molar-refractivity contribution < 1.29 is 44.5 Å². The van der Waals surface area contributed by atoms with E-state index in [4.69, 9.17) is 35.0 Å². The summed E-state index contributed by atoms with van der Waals surface area (Å²) >= 11 is 0. The number of carboxylic acids is 2. The lowest BCUT2D eigenvalue weighted by Crippen LogP contribution is -2.04. The Labute approximate surface area is 175 Å². The molecule has 0 atom stereocenters. The fraction of sp³-hybridized carbons (Fsp3) is 0.222. The third-order valence-corrected chi connectivity index (χ3v) is 3.60. The summed E-state index contributed by atoms with van der Waals surface area (Å²) in [5.74, 6) is -1.36. The molecule has 0 aromatic heterocycles. The van der Waals surface area contributed by atoms with Gasteiger partial charge in [-0.1, -0.05) is 6.07 Å². The zero-order chi connectivity index (χ0) is 24.3. The van der Waals surface area contributed by atoms with Crippen LogP contribution in [-0.2, 0) is 0 Å². The van der Waals surface area contributed by atoms with Crippen LogP contribution >= 0.6 is 0 Å². The van der Waals surface area contributed by atoms with Gasteiger partial charge in [-0.05, 0) is 37.1 Å². The summed E-state index contributed by atoms with van der Waals surface area (Å²) in [6.07, 6.45) is 0. The lowest BCUT2D eigenvalue weighted by molar-refractivity contribution is -0.742. The van der Waals surface area contributed by atoms with Gasteiger partial charge in [0.1, 0.15) is 17.1 Å². The molecule has 2 rings (SSSR count). The molecular formula is C18H20N2O11. The second kappa shape index (κ2) is 12.2. The van der Waals surface area contributed by atoms with E-state index in [2.05, 4.69) is 0 Å². The highest BCUT2D eigenvalue weighted by Crippen LogP contribution is 2.28. The first-order valence-electron chi connectivity index (χ1n) is 8.13. The number of nitro benzene ring substituents is 1. The molecule has 3 N–H and O–H groups in total. The molecule has 0 radical (unpaired) electrons. The van der Waals surface area contributed by atoms with Crippen LogP contribution in [0.5, 0.6) is 11.5 Å². The lowest BCUT2D eigenvalue weighted by atomic mass is 10.1. The number of carboxylic acid groups (broad SMARTS) is 2. The minimum atomic E-state index is -1.50. The Bertz CT molecular complexity index is 969. The van der Waals surface area contributed by atoms with E-state index in [-0.39, 0.29) is 11.1 Å². The molecule has 0 bridgehead atoms. The van der Waals surface area contributed by atoms with E-state index in [0.29, 0.717) is 17.1 Å². The largest absolute Gasteiger partial charge is 0.496 e. The van der Waals surface area contributed by atoms with Crippen molar-refractivity contribution in [1.82, 2.24) is 0 Å². The van der Waals surface area contributed by atoms with Gasteiger partial charge in [-0.25, -0.2) is 9.59 Å². The van der Waals surface area contributed by atoms with E-state index in [1.54, 1.807) is 19.1 Å². The molecular weight excluding hydrogens is 420 g/mol. The summed E-state index contributed by atoms with van der Waals surface area (Å²) in [5.41, 5.74) is 0.900. The SMILES string of the molecule is COc1cc(C(=O)O)c([N+](=O)[O-])cc1C.COc1cc(C(=O)O)ccc1C.O=[N+]([O-])O. The number of hydrogen-bond acceptors (Lipinski definition) is 8. The minimum absolute atomic E-state index is 0.248. The molecule has 0 aliphatic rings. The molecule has 0 amide bonds. The molecule has 2 aromatic rings. The highest BCUT2D eigenvalue weighted by atomic mass is 16.9. The summed E-state index contributed by atoms with van der Waals surface area (Å²) in [4.78, 5) is 39.5. The van der Waals surface area contributed by atoms with Gasteiger partial charge in [0.05, 0.1) is 24.7 Å². The lowest BCUT2D eigenvalue weighted by Gasteiger charge is -2.05. The molecule has 2 aromatic carbocycles. The van der Waals surface area contributed by atoms with Crippen molar-refractivity contribution in [2.75, 3.05) is 14.2 Å². The number of rotatable bonds is 5. The van der Waals surface area contributed by atoms with E-state index in [0.717, 1.165) is 11.6 Å². The number of nitro groups is 1. The third kappa shape index (κ3) is 8.64. The number of hydrogen-bond donors (Lipinski definition) is 3. The van der Waals surface area contributed by atoms with Crippen LogP contribution in [0.3, 0.4) is 0 Å². The van der Waals surface area contributed by atoms with Crippen LogP contribution in [0.4, 0.5) is 5.69 Å². The second-order valence-corrected chi connectivity index (χ2v) is 5.63. The highest BCUT2D eigenvalue weighted by Gasteiger charge is 2.22. The van der Waals surface area contributed by atoms with Gasteiger partial charge < -0.3 is 24.9 Å². The van der Waals surface area contributed by atoms with Crippen LogP contribution in [0.15, 0.2) is 30.3 Å². The molecule has 0 spiro atoms. The predicted octanol–water partition coefficient (Wildman–Crippen LogP) is 2.96. The number of nitrogens with zero attached hydrogens (tertiary/aromatic N) is 2. The van der Waals surface area contributed by atoms with Gasteiger partial charge in [-0.2, -0.15) is 0 Å². The summed E-state index contributed by atoms with van der Waals surface area (Å²) in [5, 5.41) is 41.6. The molecule has 13 nitrogen and oxygen atoms in total. The summed E-state index contributed by atoms with van der Waals surface area (Å²) < 4.78 is 9.86. The van der Waals surface area contributed by atoms with Gasteiger partial charge in [-0.3, -0.25) is 10.1 Å². The maximum Gasteiger partial charge on any atom is 0.342 e. The maximum absolute atomic E-state index is 10.7. The molecule has 0 heterocycles. The first-order valence-corrected chi connectivity index (χ1v) is 8.13. The summed E-state index contributed by atoms with van der Waals surface area (Å²) in [6, 6.07) is 7.12. The second-order valence-electron chi connectivity index (χ2n) is 5.63. The van der Waals surface area contributed by atoms with Crippen molar-refractivity contribution in [2.45, 2.75) is 13.8 Å². The molecule has 0 saturated heterocycles. The van der Waals surface area contributed by atoms with Crippen molar-refractivity contribution in [3.8, 4) is 11.5 Å². The minimum Gasteiger partial charge on any atom is -0.496 e. The fourth-order valence-corrected chi connectivity index (χ4v) is 2.17. The van der Waals surface area contributed by atoms with Crippen LogP contribution < -0.4 is 9.47 Å². The Hall–Kier alpha value is -4.42. The van der Waals surface area contributed by atoms with Crippen molar-refractivity contribution in [3.05, 3.63) is 72.8 Å². The van der Waals surface area contributed by atoms with Crippen LogP contribution in [0.2, 0.25) is 0 Å². The first kappa shape index (κ1) is 26.6. The summed E-state index contributed by atoms with van der Waals surface area (Å²) in [6.45, 7) is 3.47. The van der Waals surface area contributed by atoms with E-state index in [1.165, 1.54) is 26.4 Å². The van der Waals surface area contributed by atoms with Gasteiger partial charge in [0.15, 0.2) is 0 Å². The molecule has 0 unspecified atom stereocenters. The number of carbonyl (C=O) groups is 2. The Balaban J connectivity index is 0.000000504. The van der Waals surface area contributed by atoms with Crippen LogP contribution in [0, 0.1) is 34.1 Å². The number of methoxy groups -OCH3 is 2. The average Bonchev–Trinajstić information content (AvgIpc) is 2.67. The highest BCUT2D eigenvalue weighted by molar-refractivity contribution is 5.93. The van der Waals surface area contributed by atoms with Crippen LogP contribution in [-0.4, -0.2) is 51.6 Å². The first-order chi connectivity index (χ1) is 14.3. The third-order valence-electron chi connectivity index (χ3n) is 3.60. The van der Waals surface area contributed by atoms with E-state index in [9.17, 15) is 19.7 Å². The fourth-order valence-electron chi connectivity index (χ4n) is 2.17. The molecule has 0 saturated carbocycles. The van der Waals surface area contributed by atoms with Crippen molar-refractivity contribution in [3.63, 3.8) is 0 Å². The van der Waals surface area contributed by atoms with Gasteiger partial charge in [-0.15, -0.1) is 10.1 Å². The molecule has 31 heavy (non-hydrogen) atoms. The normalized spacial score (nSPS) is 9.16. The van der Waals surface area contributed by atoms with E-state index < -0.39 is 27.6 Å². The van der Waals surface area contributed by atoms with Crippen molar-refractivity contribution >= 4 is 17.6 Å². The number of aryl methyl sites for hydroxylation is 2. The molecule has 168 valence electrons. The van der Waals surface area contributed by atoms with E-state index in [1.807, 2.05) is 6.92 Å². The van der Waals surface area contributed by atoms with Gasteiger partial charge >= 0.3 is 11.9 Å². The zero-order valence-electron chi connectivity index (χ0n) is 16.9. The number of ether oxygens (including phenoxy) is 2. The Morgan fingerprint density at radius 3 is 1.74 bits per heavy atom. The van der Waals surface area contributed by atoms with Gasteiger partial charge in [0, 0.05) is 12.1 Å². The maximum atomic E-state index is 10.7. The van der Waals surface area contributed by atoms with Crippen molar-refractivity contribution in [2.24, 2.45) is 0 Å². The molecule has 0 aliphatic carbocycles. The van der Waals surface area contributed by atoms with Crippen molar-refractivity contribution in [1.29, 1.82) is 0 Å². The Kier molecular flexibility index (Phi) is 10.5. The zero-order valence-corrected chi connectivity index (χ0v) is 16.9. The van der Waals surface area contributed by atoms with Gasteiger partial charge in [0.25, 0.3) is 10.8 Å². The summed E-state index contributed by atoms with van der Waals surface area (Å²) in [7, 11) is 2.90. The number of aromatic carboxylic acids is 2. The average molecular weight is 440 g/mol. The standard InChI is InChI=1S/C9H9NO5.C9H10O3.HNO3/c1-5-3-7(10(13)14)6(9(11)12)4-8(5)15-2;1-6-3-4-7(9(10)11)5-8(6)12-2;2-1(3)4/h3-4H,1-2H3,(H,11,12);3-5H,1-2H3,(H,10,11);(H,2,3,4). The predicted molar refractivity (Wildman–Crippen MR) is 105 cm³/mol. The molecule has 13 heteroatoms. The Morgan fingerprint density at radius 1 is 0.871 bits per heavy atom. The smallest absolute Gasteiger partial charge is 0.342 e. The van der Waals surface area contributed by atoms with Crippen LogP contribution in [0.25, 0.3) is 0 Å². The monoisotopic (exact) mass is 440 g/mol. The topological polar surface area (TPSA) is 200 Å². The molecule has 0 fully saturated rings. The number of benzene rings is 2. The van der Waals surface area contributed by atoms with Gasteiger partial charge in [0.2, 0.25) is 0 Å². The quantitative estimate of drug-likeness (QED) is 0.456. The molecule has 0 aliphatic heterocycles. The van der Waals surface area contributed by atoms with E-state index >= 15 is 0 Å².